The molecule has 0 radical (unpaired) electrons. The highest BCUT2D eigenvalue weighted by Gasteiger charge is 2.32. The Bertz CT molecular complexity index is 1470. The number of ether oxygens (including phenoxy) is 1. The zero-order valence-corrected chi connectivity index (χ0v) is 22.5. The van der Waals surface area contributed by atoms with Crippen molar-refractivity contribution in [2.75, 3.05) is 18.8 Å². The van der Waals surface area contributed by atoms with Gasteiger partial charge in [0, 0.05) is 19.2 Å². The third-order valence-corrected chi connectivity index (χ3v) is 7.78. The Morgan fingerprint density at radius 3 is 2.67 bits per heavy atom. The number of nitrogens with zero attached hydrogens (tertiary/aromatic N) is 3. The van der Waals surface area contributed by atoms with E-state index in [9.17, 15) is 18.3 Å². The number of rotatable bonds is 12. The lowest BCUT2D eigenvalue weighted by Crippen LogP contribution is -2.51. The standard InChI is InChI=1S/C26H32N6O6S/c1-17(2)13-32(39(35,36)20-8-9-21-24(11-20)38-25(27)30-21)14-23(33)22(10-18-6-4-3-5-7-18)31-26(34)37-15-19-12-28-16-29-19/h3-9,11-12,16-17,22-23,33H,10,13-15H2,1-2H3,(H2,27,30)(H,28,29)(H,31,34). The van der Waals surface area contributed by atoms with E-state index >= 15 is 0 Å². The fourth-order valence-corrected chi connectivity index (χ4v) is 5.73. The van der Waals surface area contributed by atoms with Crippen LogP contribution in [0.15, 0.2) is 70.4 Å². The molecule has 0 saturated heterocycles. The maximum atomic E-state index is 13.7. The first-order chi connectivity index (χ1) is 18.6. The molecule has 2 atom stereocenters. The molecule has 5 N–H and O–H groups in total. The van der Waals surface area contributed by atoms with Crippen molar-refractivity contribution < 1.29 is 27.5 Å². The molecule has 0 aliphatic rings. The lowest BCUT2D eigenvalue weighted by atomic mass is 10.0. The molecule has 0 aliphatic carbocycles. The quantitative estimate of drug-likeness (QED) is 0.204. The summed E-state index contributed by atoms with van der Waals surface area (Å²) in [6.07, 6.45) is 1.24. The summed E-state index contributed by atoms with van der Waals surface area (Å²) in [4.78, 5) is 23.3. The van der Waals surface area contributed by atoms with Gasteiger partial charge < -0.3 is 30.3 Å². The number of aliphatic hydroxyl groups excluding tert-OH is 1. The summed E-state index contributed by atoms with van der Waals surface area (Å²) < 4.78 is 39.2. The Hall–Kier alpha value is -3.94. The van der Waals surface area contributed by atoms with Gasteiger partial charge in [-0.2, -0.15) is 9.29 Å². The largest absolute Gasteiger partial charge is 0.443 e. The molecular weight excluding hydrogens is 524 g/mol. The Kier molecular flexibility index (Phi) is 8.84. The highest BCUT2D eigenvalue weighted by Crippen LogP contribution is 2.24. The number of H-pyrrole nitrogens is 1. The van der Waals surface area contributed by atoms with Crippen LogP contribution in [0.25, 0.3) is 11.1 Å². The Morgan fingerprint density at radius 1 is 1.21 bits per heavy atom. The number of amides is 1. The second kappa shape index (κ2) is 12.3. The number of hydrogen-bond acceptors (Lipinski definition) is 9. The van der Waals surface area contributed by atoms with E-state index < -0.39 is 28.3 Å². The molecular formula is C26H32N6O6S. The number of oxazole rings is 1. The van der Waals surface area contributed by atoms with Crippen LogP contribution in [0.4, 0.5) is 10.8 Å². The summed E-state index contributed by atoms with van der Waals surface area (Å²) in [6, 6.07) is 12.7. The van der Waals surface area contributed by atoms with Crippen LogP contribution in [-0.2, 0) is 27.8 Å². The maximum Gasteiger partial charge on any atom is 0.407 e. The van der Waals surface area contributed by atoms with Gasteiger partial charge in [-0.1, -0.05) is 44.2 Å². The van der Waals surface area contributed by atoms with E-state index in [4.69, 9.17) is 14.9 Å². The zero-order chi connectivity index (χ0) is 28.0. The minimum Gasteiger partial charge on any atom is -0.443 e. The topological polar surface area (TPSA) is 177 Å². The van der Waals surface area contributed by atoms with Gasteiger partial charge in [-0.25, -0.2) is 18.2 Å². The van der Waals surface area contributed by atoms with Gasteiger partial charge in [-0.05, 0) is 30.0 Å². The van der Waals surface area contributed by atoms with E-state index in [1.54, 1.807) is 0 Å². The summed E-state index contributed by atoms with van der Waals surface area (Å²) in [6.45, 7) is 3.58. The van der Waals surface area contributed by atoms with E-state index in [2.05, 4.69) is 20.3 Å². The number of alkyl carbamates (subject to hydrolysis) is 1. The van der Waals surface area contributed by atoms with Crippen LogP contribution in [0.5, 0.6) is 0 Å². The second-order valence-electron chi connectivity index (χ2n) is 9.56. The fraction of sp³-hybridized carbons (Fsp3) is 0.346. The number of benzene rings is 2. The number of nitrogens with two attached hydrogens (primary N) is 1. The van der Waals surface area contributed by atoms with E-state index in [0.29, 0.717) is 11.2 Å². The predicted molar refractivity (Wildman–Crippen MR) is 144 cm³/mol. The molecule has 2 unspecified atom stereocenters. The molecule has 2 aromatic heterocycles. The highest BCUT2D eigenvalue weighted by atomic mass is 32.2. The number of carbonyl (C=O) groups is 1. The molecule has 0 saturated carbocycles. The summed E-state index contributed by atoms with van der Waals surface area (Å²) >= 11 is 0. The van der Waals surface area contributed by atoms with Crippen LogP contribution >= 0.6 is 0 Å². The zero-order valence-electron chi connectivity index (χ0n) is 21.6. The monoisotopic (exact) mass is 556 g/mol. The molecule has 208 valence electrons. The Labute approximate surface area is 226 Å². The van der Waals surface area contributed by atoms with Crippen LogP contribution < -0.4 is 11.1 Å². The first kappa shape index (κ1) is 28.1. The molecule has 1 amide bonds. The number of anilines is 1. The number of nitrogens with one attached hydrogen (secondary N) is 2. The van der Waals surface area contributed by atoms with Crippen LogP contribution in [0.1, 0.15) is 25.1 Å². The smallest absolute Gasteiger partial charge is 0.407 e. The van der Waals surface area contributed by atoms with Crippen molar-refractivity contribution >= 4 is 33.2 Å². The van der Waals surface area contributed by atoms with Crippen molar-refractivity contribution in [3.63, 3.8) is 0 Å². The number of hydrogen-bond donors (Lipinski definition) is 4. The second-order valence-corrected chi connectivity index (χ2v) is 11.5. The first-order valence-electron chi connectivity index (χ1n) is 12.4. The molecule has 2 aromatic carbocycles. The summed E-state index contributed by atoms with van der Waals surface area (Å²) in [5, 5.41) is 14.0. The molecule has 0 aliphatic heterocycles. The van der Waals surface area contributed by atoms with Gasteiger partial charge in [0.2, 0.25) is 10.0 Å². The molecule has 39 heavy (non-hydrogen) atoms. The van der Waals surface area contributed by atoms with Crippen LogP contribution in [0, 0.1) is 5.92 Å². The van der Waals surface area contributed by atoms with Crippen molar-refractivity contribution in [2.45, 2.75) is 43.9 Å². The number of imidazole rings is 1. The lowest BCUT2D eigenvalue weighted by molar-refractivity contribution is 0.0870. The van der Waals surface area contributed by atoms with Gasteiger partial charge in [0.25, 0.3) is 6.01 Å². The van der Waals surface area contributed by atoms with Gasteiger partial charge in [-0.3, -0.25) is 0 Å². The van der Waals surface area contributed by atoms with Crippen LogP contribution in [0.2, 0.25) is 0 Å². The summed E-state index contributed by atoms with van der Waals surface area (Å²) in [5.74, 6) is -0.0449. The SMILES string of the molecule is CC(C)CN(CC(O)C(Cc1ccccc1)NC(=O)OCc1cnc[nH]1)S(=O)(=O)c1ccc2nc(N)oc2c1. The van der Waals surface area contributed by atoms with E-state index in [0.717, 1.165) is 5.56 Å². The van der Waals surface area contributed by atoms with Crippen molar-refractivity contribution in [3.05, 3.63) is 72.3 Å². The van der Waals surface area contributed by atoms with Crippen LogP contribution in [0.3, 0.4) is 0 Å². The minimum atomic E-state index is -4.06. The molecule has 13 heteroatoms. The van der Waals surface area contributed by atoms with Crippen molar-refractivity contribution in [2.24, 2.45) is 5.92 Å². The molecule has 4 aromatic rings. The molecule has 0 fully saturated rings. The third kappa shape index (κ3) is 7.34. The minimum absolute atomic E-state index is 0.0227. The summed E-state index contributed by atoms with van der Waals surface area (Å²) in [5.41, 5.74) is 7.73. The van der Waals surface area contributed by atoms with Gasteiger partial charge >= 0.3 is 6.09 Å². The third-order valence-electron chi connectivity index (χ3n) is 5.95. The highest BCUT2D eigenvalue weighted by molar-refractivity contribution is 7.89. The van der Waals surface area contributed by atoms with E-state index in [1.165, 1.54) is 35.0 Å². The number of fused-ring (bicyclic) bond motifs is 1. The molecule has 0 bridgehead atoms. The molecule has 2 heterocycles. The maximum absolute atomic E-state index is 13.7. The molecule has 12 nitrogen and oxygen atoms in total. The Morgan fingerprint density at radius 2 is 1.97 bits per heavy atom. The van der Waals surface area contributed by atoms with Crippen molar-refractivity contribution in [1.82, 2.24) is 24.6 Å². The van der Waals surface area contributed by atoms with Crippen LogP contribution in [-0.4, -0.2) is 64.1 Å². The normalized spacial score (nSPS) is 13.6. The molecule has 0 spiro atoms. The average Bonchev–Trinajstić information content (AvgIpc) is 3.55. The number of nitrogen functional groups attached to an aromatic ring is 1. The van der Waals surface area contributed by atoms with Crippen molar-refractivity contribution in [3.8, 4) is 0 Å². The summed E-state index contributed by atoms with van der Waals surface area (Å²) in [7, 11) is -4.06. The number of carbonyl (C=O) groups excluding carboxylic acids is 1. The number of aliphatic hydroxyl groups is 1. The number of sulfonamides is 1. The lowest BCUT2D eigenvalue weighted by Gasteiger charge is -2.30. The fourth-order valence-electron chi connectivity index (χ4n) is 4.10. The number of aromatic amines is 1. The van der Waals surface area contributed by atoms with Gasteiger partial charge in [-0.15, -0.1) is 0 Å². The van der Waals surface area contributed by atoms with E-state index in [1.807, 2.05) is 44.2 Å². The predicted octanol–water partition coefficient (Wildman–Crippen LogP) is 2.68. The van der Waals surface area contributed by atoms with E-state index in [-0.39, 0.29) is 48.5 Å². The first-order valence-corrected chi connectivity index (χ1v) is 13.8. The van der Waals surface area contributed by atoms with Gasteiger partial charge in [0.1, 0.15) is 12.1 Å². The van der Waals surface area contributed by atoms with Gasteiger partial charge in [0.15, 0.2) is 5.58 Å². The Balaban J connectivity index is 1.55. The molecule has 4 rings (SSSR count). The average molecular weight is 557 g/mol. The number of aromatic nitrogens is 3. The van der Waals surface area contributed by atoms with Gasteiger partial charge in [0.05, 0.1) is 35.3 Å². The van der Waals surface area contributed by atoms with Crippen molar-refractivity contribution in [1.29, 1.82) is 0 Å².